The number of carbonyl (C=O) groups is 1. The van der Waals surface area contributed by atoms with Crippen LogP contribution in [0.2, 0.25) is 0 Å². The Morgan fingerprint density at radius 3 is 2.31 bits per heavy atom. The molecule has 0 aliphatic rings. The molecular weight excluding hydrogens is 351 g/mol. The van der Waals surface area contributed by atoms with E-state index in [0.717, 1.165) is 24.8 Å². The minimum atomic E-state index is -4.60. The zero-order valence-electron chi connectivity index (χ0n) is 15.3. The van der Waals surface area contributed by atoms with Gasteiger partial charge in [0.1, 0.15) is 5.75 Å². The third-order valence-electron chi connectivity index (χ3n) is 2.65. The minimum absolute atomic E-state index is 0.163. The third-order valence-corrected chi connectivity index (χ3v) is 2.65. The number of anilines is 1. The van der Waals surface area contributed by atoms with Crippen LogP contribution in [-0.4, -0.2) is 23.0 Å². The molecule has 2 aromatic rings. The number of benzene rings is 1. The SMILES string of the molecule is CC.CCCCc1nnc(NC=O)o1.Cc1ccc(OC(F)(F)F)cc1. The average Bonchev–Trinajstić information content (AvgIpc) is 3.04. The topological polar surface area (TPSA) is 77.3 Å². The fourth-order valence-corrected chi connectivity index (χ4v) is 1.53. The van der Waals surface area contributed by atoms with Crippen molar-refractivity contribution in [3.05, 3.63) is 35.7 Å². The highest BCUT2D eigenvalue weighted by Crippen LogP contribution is 2.22. The zero-order valence-corrected chi connectivity index (χ0v) is 15.3. The lowest BCUT2D eigenvalue weighted by atomic mass is 10.2. The number of halogens is 3. The van der Waals surface area contributed by atoms with E-state index in [9.17, 15) is 18.0 Å². The van der Waals surface area contributed by atoms with Crippen LogP contribution >= 0.6 is 0 Å². The van der Waals surface area contributed by atoms with E-state index in [1.807, 2.05) is 13.8 Å². The monoisotopic (exact) mass is 375 g/mol. The van der Waals surface area contributed by atoms with Gasteiger partial charge >= 0.3 is 12.4 Å². The van der Waals surface area contributed by atoms with Gasteiger partial charge in [0.25, 0.3) is 0 Å². The van der Waals surface area contributed by atoms with Crippen molar-refractivity contribution in [3.63, 3.8) is 0 Å². The number of carbonyl (C=O) groups excluding carboxylic acids is 1. The number of hydrogen-bond donors (Lipinski definition) is 1. The number of aromatic nitrogens is 2. The lowest BCUT2D eigenvalue weighted by Crippen LogP contribution is -2.16. The lowest BCUT2D eigenvalue weighted by molar-refractivity contribution is -0.274. The molecule has 146 valence electrons. The first-order valence-corrected chi connectivity index (χ1v) is 8.19. The molecule has 0 fully saturated rings. The Hall–Kier alpha value is -2.58. The van der Waals surface area contributed by atoms with E-state index in [0.29, 0.717) is 12.3 Å². The molecule has 1 amide bonds. The molecule has 26 heavy (non-hydrogen) atoms. The quantitative estimate of drug-likeness (QED) is 0.727. The Kier molecular flexibility index (Phi) is 11.5. The summed E-state index contributed by atoms with van der Waals surface area (Å²) in [7, 11) is 0. The normalized spacial score (nSPS) is 9.96. The van der Waals surface area contributed by atoms with Crippen LogP contribution in [0, 0.1) is 6.92 Å². The molecule has 1 aromatic heterocycles. The Labute approximate surface area is 150 Å². The van der Waals surface area contributed by atoms with Gasteiger partial charge in [-0.3, -0.25) is 10.1 Å². The van der Waals surface area contributed by atoms with Gasteiger partial charge in [0.2, 0.25) is 12.3 Å². The number of nitrogens with zero attached hydrogens (tertiary/aromatic N) is 2. The maximum atomic E-state index is 11.6. The van der Waals surface area contributed by atoms with E-state index in [4.69, 9.17) is 4.42 Å². The first kappa shape index (κ1) is 23.4. The molecule has 1 aromatic carbocycles. The van der Waals surface area contributed by atoms with Gasteiger partial charge in [-0.2, -0.15) is 0 Å². The largest absolute Gasteiger partial charge is 0.573 e. The molecule has 6 nitrogen and oxygen atoms in total. The molecule has 2 rings (SSSR count). The van der Waals surface area contributed by atoms with Gasteiger partial charge in [0.15, 0.2) is 0 Å². The van der Waals surface area contributed by atoms with Gasteiger partial charge in [-0.05, 0) is 25.5 Å². The van der Waals surface area contributed by atoms with Crippen molar-refractivity contribution in [1.29, 1.82) is 0 Å². The van der Waals surface area contributed by atoms with E-state index in [2.05, 4.69) is 27.2 Å². The summed E-state index contributed by atoms with van der Waals surface area (Å²) in [5.41, 5.74) is 0.893. The molecule has 0 spiro atoms. The molecule has 0 radical (unpaired) electrons. The number of unbranched alkanes of at least 4 members (excludes halogenated alkanes) is 1. The molecule has 0 aliphatic carbocycles. The van der Waals surface area contributed by atoms with Crippen LogP contribution in [0.15, 0.2) is 28.7 Å². The number of amides is 1. The van der Waals surface area contributed by atoms with Gasteiger partial charge in [0.05, 0.1) is 0 Å². The molecule has 0 aliphatic heterocycles. The van der Waals surface area contributed by atoms with Gasteiger partial charge in [-0.25, -0.2) is 0 Å². The molecule has 0 unspecified atom stereocenters. The fraction of sp³-hybridized carbons (Fsp3) is 0.471. The summed E-state index contributed by atoms with van der Waals surface area (Å²) >= 11 is 0. The predicted octanol–water partition coefficient (Wildman–Crippen LogP) is 4.90. The van der Waals surface area contributed by atoms with Gasteiger partial charge < -0.3 is 9.15 Å². The predicted molar refractivity (Wildman–Crippen MR) is 91.8 cm³/mol. The highest BCUT2D eigenvalue weighted by molar-refractivity contribution is 5.65. The Morgan fingerprint density at radius 1 is 1.19 bits per heavy atom. The van der Waals surface area contributed by atoms with Gasteiger partial charge in [0, 0.05) is 6.42 Å². The van der Waals surface area contributed by atoms with Crippen molar-refractivity contribution >= 4 is 12.4 Å². The summed E-state index contributed by atoms with van der Waals surface area (Å²) in [5, 5.41) is 9.62. The van der Waals surface area contributed by atoms with Crippen molar-refractivity contribution in [1.82, 2.24) is 10.2 Å². The molecule has 0 atom stereocenters. The van der Waals surface area contributed by atoms with Crippen molar-refractivity contribution in [2.75, 3.05) is 5.32 Å². The van der Waals surface area contributed by atoms with Gasteiger partial charge in [-0.1, -0.05) is 50.0 Å². The molecular formula is C17H24F3N3O3. The summed E-state index contributed by atoms with van der Waals surface area (Å²) in [6.07, 6.45) is -1.22. The molecule has 9 heteroatoms. The van der Waals surface area contributed by atoms with E-state index in [1.165, 1.54) is 12.1 Å². The third kappa shape index (κ3) is 11.1. The van der Waals surface area contributed by atoms with Crippen LogP contribution in [0.1, 0.15) is 45.1 Å². The maximum Gasteiger partial charge on any atom is 0.573 e. The second kappa shape index (κ2) is 12.7. The van der Waals surface area contributed by atoms with Crippen molar-refractivity contribution in [3.8, 4) is 5.75 Å². The number of ether oxygens (including phenoxy) is 1. The highest BCUT2D eigenvalue weighted by atomic mass is 19.4. The average molecular weight is 375 g/mol. The van der Waals surface area contributed by atoms with Crippen molar-refractivity contribution in [2.24, 2.45) is 0 Å². The number of nitrogens with one attached hydrogen (secondary N) is 1. The number of rotatable bonds is 6. The van der Waals surface area contributed by atoms with Crippen molar-refractivity contribution in [2.45, 2.75) is 53.3 Å². The van der Waals surface area contributed by atoms with Crippen molar-refractivity contribution < 1.29 is 27.1 Å². The number of alkyl halides is 3. The van der Waals surface area contributed by atoms with Crippen LogP contribution in [0.4, 0.5) is 19.2 Å². The van der Waals surface area contributed by atoms with Gasteiger partial charge in [-0.15, -0.1) is 18.3 Å². The number of hydrogen-bond acceptors (Lipinski definition) is 5. The number of aryl methyl sites for hydroxylation is 2. The minimum Gasteiger partial charge on any atom is -0.408 e. The molecule has 0 bridgehead atoms. The van der Waals surface area contributed by atoms with Crippen LogP contribution < -0.4 is 10.1 Å². The smallest absolute Gasteiger partial charge is 0.408 e. The Bertz CT molecular complexity index is 614. The standard InChI is InChI=1S/C8H7F3O.C7H11N3O2.C2H6/c1-6-2-4-7(5-3-6)12-8(9,10)11;1-2-3-4-6-9-10-7(12-6)8-5-11;1-2/h2-5H,1H3;5H,2-4H2,1H3,(H,8,10,11);1-2H3. The summed E-state index contributed by atoms with van der Waals surface area (Å²) in [4.78, 5) is 9.96. The van der Waals surface area contributed by atoms with E-state index in [-0.39, 0.29) is 11.8 Å². The van der Waals surface area contributed by atoms with E-state index in [1.54, 1.807) is 19.1 Å². The Balaban J connectivity index is 0.000000439. The molecule has 0 saturated carbocycles. The van der Waals surface area contributed by atoms with Crippen LogP contribution in [0.3, 0.4) is 0 Å². The Morgan fingerprint density at radius 2 is 1.81 bits per heavy atom. The summed E-state index contributed by atoms with van der Waals surface area (Å²) in [6, 6.07) is 5.84. The lowest BCUT2D eigenvalue weighted by Gasteiger charge is -2.08. The summed E-state index contributed by atoms with van der Waals surface area (Å²) < 4.78 is 43.6. The summed E-state index contributed by atoms with van der Waals surface area (Å²) in [5.74, 6) is 0.384. The second-order valence-corrected chi connectivity index (χ2v) is 4.73. The zero-order chi connectivity index (χ0) is 20.0. The van der Waals surface area contributed by atoms with E-state index >= 15 is 0 Å². The first-order valence-electron chi connectivity index (χ1n) is 8.19. The summed E-state index contributed by atoms with van der Waals surface area (Å²) in [6.45, 7) is 7.87. The second-order valence-electron chi connectivity index (χ2n) is 4.73. The van der Waals surface area contributed by atoms with Crippen LogP contribution in [-0.2, 0) is 11.2 Å². The van der Waals surface area contributed by atoms with Crippen LogP contribution in [0.5, 0.6) is 5.75 Å². The first-order chi connectivity index (χ1) is 12.3. The van der Waals surface area contributed by atoms with Crippen LogP contribution in [0.25, 0.3) is 0 Å². The fourth-order valence-electron chi connectivity index (χ4n) is 1.53. The molecule has 0 saturated heterocycles. The highest BCUT2D eigenvalue weighted by Gasteiger charge is 2.30. The molecule has 1 N–H and O–H groups in total. The van der Waals surface area contributed by atoms with E-state index < -0.39 is 6.36 Å². The molecule has 1 heterocycles. The maximum absolute atomic E-state index is 11.6.